The van der Waals surface area contributed by atoms with Crippen LogP contribution in [0.5, 0.6) is 5.75 Å². The van der Waals surface area contributed by atoms with Gasteiger partial charge in [0.1, 0.15) is 17.8 Å². The largest absolute Gasteiger partial charge is 0.497 e. The van der Waals surface area contributed by atoms with Crippen molar-refractivity contribution in [3.63, 3.8) is 0 Å². The third-order valence-electron chi connectivity index (χ3n) is 4.33. The second-order valence-electron chi connectivity index (χ2n) is 6.14. The second kappa shape index (κ2) is 7.69. The zero-order valence-electron chi connectivity index (χ0n) is 15.6. The van der Waals surface area contributed by atoms with E-state index in [-0.39, 0.29) is 0 Å². The minimum absolute atomic E-state index is 0.430. The Labute approximate surface area is 166 Å². The molecule has 0 atom stereocenters. The highest BCUT2D eigenvalue weighted by molar-refractivity contribution is 7.22. The topological polar surface area (TPSA) is 98.0 Å². The highest BCUT2D eigenvalue weighted by Crippen LogP contribution is 2.33. The number of benzene rings is 2. The maximum atomic E-state index is 6.28. The fourth-order valence-corrected chi connectivity index (χ4v) is 3.64. The number of thiazole rings is 1. The predicted octanol–water partition coefficient (Wildman–Crippen LogP) is 4.73. The summed E-state index contributed by atoms with van der Waals surface area (Å²) in [5, 5.41) is 7.14. The van der Waals surface area contributed by atoms with Crippen LogP contribution in [0.4, 0.5) is 28.1 Å². The van der Waals surface area contributed by atoms with Gasteiger partial charge >= 0.3 is 0 Å². The number of nitrogens with two attached hydrogens (primary N) is 1. The summed E-state index contributed by atoms with van der Waals surface area (Å²) in [6, 6.07) is 13.9. The highest BCUT2D eigenvalue weighted by Gasteiger charge is 2.12. The maximum Gasteiger partial charge on any atom is 0.189 e. The number of nitrogens with zero attached hydrogens (tertiary/aromatic N) is 3. The van der Waals surface area contributed by atoms with Gasteiger partial charge in [-0.25, -0.2) is 15.0 Å². The minimum atomic E-state index is 0.430. The first-order valence-electron chi connectivity index (χ1n) is 8.84. The van der Waals surface area contributed by atoms with Gasteiger partial charge in [-0.1, -0.05) is 30.4 Å². The fraction of sp³-hybridized carbons (Fsp3) is 0.150. The van der Waals surface area contributed by atoms with Crippen LogP contribution in [-0.4, -0.2) is 22.1 Å². The van der Waals surface area contributed by atoms with Crippen molar-refractivity contribution >= 4 is 49.7 Å². The zero-order chi connectivity index (χ0) is 19.5. The Morgan fingerprint density at radius 2 is 1.79 bits per heavy atom. The van der Waals surface area contributed by atoms with E-state index in [1.54, 1.807) is 7.11 Å². The second-order valence-corrected chi connectivity index (χ2v) is 7.17. The number of aromatic nitrogens is 3. The standard InChI is InChI=1S/C20H20N6OS/c1-3-12-4-6-13(7-5-12)24-18-17(21)19(23-11-22-18)26-20-25-15-9-8-14(27-2)10-16(15)28-20/h4-11H,3,21H2,1-2H3,(H2,22,23,24,25,26). The molecule has 0 saturated carbocycles. The average molecular weight is 392 g/mol. The quantitative estimate of drug-likeness (QED) is 0.436. The molecule has 0 radical (unpaired) electrons. The lowest BCUT2D eigenvalue weighted by molar-refractivity contribution is 0.415. The van der Waals surface area contributed by atoms with Crippen molar-refractivity contribution in [3.05, 3.63) is 54.4 Å². The van der Waals surface area contributed by atoms with Crippen molar-refractivity contribution in [1.29, 1.82) is 0 Å². The first kappa shape index (κ1) is 18.0. The monoisotopic (exact) mass is 392 g/mol. The van der Waals surface area contributed by atoms with Gasteiger partial charge in [-0.15, -0.1) is 0 Å². The molecule has 0 unspecified atom stereocenters. The number of aryl methyl sites for hydroxylation is 1. The molecule has 0 fully saturated rings. The molecule has 0 aliphatic heterocycles. The number of nitrogen functional groups attached to an aromatic ring is 1. The molecule has 8 heteroatoms. The molecule has 4 rings (SSSR count). The van der Waals surface area contributed by atoms with Gasteiger partial charge in [0.25, 0.3) is 0 Å². The third kappa shape index (κ3) is 3.67. The Hall–Kier alpha value is -3.39. The highest BCUT2D eigenvalue weighted by atomic mass is 32.1. The van der Waals surface area contributed by atoms with Crippen LogP contribution in [0.3, 0.4) is 0 Å². The number of rotatable bonds is 6. The summed E-state index contributed by atoms with van der Waals surface area (Å²) >= 11 is 1.51. The summed E-state index contributed by atoms with van der Waals surface area (Å²) in [6.45, 7) is 2.13. The lowest BCUT2D eigenvalue weighted by atomic mass is 10.1. The first-order valence-corrected chi connectivity index (χ1v) is 9.66. The molecule has 4 aromatic rings. The number of hydrogen-bond donors (Lipinski definition) is 3. The summed E-state index contributed by atoms with van der Waals surface area (Å²) in [5.74, 6) is 1.85. The molecule has 0 saturated heterocycles. The number of anilines is 5. The van der Waals surface area contributed by atoms with Crippen LogP contribution in [0.1, 0.15) is 12.5 Å². The van der Waals surface area contributed by atoms with Crippen LogP contribution in [-0.2, 0) is 6.42 Å². The maximum absolute atomic E-state index is 6.28. The minimum Gasteiger partial charge on any atom is -0.497 e. The van der Waals surface area contributed by atoms with Crippen molar-refractivity contribution < 1.29 is 4.74 Å². The van der Waals surface area contributed by atoms with E-state index < -0.39 is 0 Å². The van der Waals surface area contributed by atoms with Crippen LogP contribution in [0.2, 0.25) is 0 Å². The molecule has 4 N–H and O–H groups in total. The molecule has 142 valence electrons. The Balaban J connectivity index is 1.57. The van der Waals surface area contributed by atoms with Crippen molar-refractivity contribution in [2.45, 2.75) is 13.3 Å². The Morgan fingerprint density at radius 3 is 2.50 bits per heavy atom. The van der Waals surface area contributed by atoms with E-state index in [1.807, 2.05) is 30.3 Å². The van der Waals surface area contributed by atoms with Crippen molar-refractivity contribution in [1.82, 2.24) is 15.0 Å². The molecule has 2 heterocycles. The molecule has 7 nitrogen and oxygen atoms in total. The van der Waals surface area contributed by atoms with Gasteiger partial charge < -0.3 is 21.1 Å². The van der Waals surface area contributed by atoms with Crippen molar-refractivity contribution in [2.75, 3.05) is 23.5 Å². The van der Waals surface area contributed by atoms with Crippen molar-refractivity contribution in [3.8, 4) is 5.75 Å². The molecular weight excluding hydrogens is 372 g/mol. The van der Waals surface area contributed by atoms with Gasteiger partial charge in [0.05, 0.1) is 17.3 Å². The van der Waals surface area contributed by atoms with E-state index in [9.17, 15) is 0 Å². The number of hydrogen-bond acceptors (Lipinski definition) is 8. The number of nitrogens with one attached hydrogen (secondary N) is 2. The molecule has 2 aromatic heterocycles. The zero-order valence-corrected chi connectivity index (χ0v) is 16.4. The van der Waals surface area contributed by atoms with Crippen LogP contribution < -0.4 is 21.1 Å². The molecule has 0 spiro atoms. The first-order chi connectivity index (χ1) is 13.7. The summed E-state index contributed by atoms with van der Waals surface area (Å²) in [5.41, 5.74) is 9.79. The number of ether oxygens (including phenoxy) is 1. The van der Waals surface area contributed by atoms with E-state index in [2.05, 4.69) is 44.6 Å². The normalized spacial score (nSPS) is 10.8. The van der Waals surface area contributed by atoms with Gasteiger partial charge in [0, 0.05) is 5.69 Å². The van der Waals surface area contributed by atoms with E-state index in [4.69, 9.17) is 10.5 Å². The summed E-state index contributed by atoms with van der Waals surface area (Å²) < 4.78 is 6.28. The molecule has 0 bridgehead atoms. The van der Waals surface area contributed by atoms with Crippen LogP contribution in [0.25, 0.3) is 10.2 Å². The Bertz CT molecular complexity index is 1110. The molecule has 2 aromatic carbocycles. The van der Waals surface area contributed by atoms with Crippen LogP contribution in [0.15, 0.2) is 48.8 Å². The third-order valence-corrected chi connectivity index (χ3v) is 5.26. The fourth-order valence-electron chi connectivity index (χ4n) is 2.74. The molecule has 0 aliphatic rings. The van der Waals surface area contributed by atoms with E-state index in [1.165, 1.54) is 23.2 Å². The lowest BCUT2D eigenvalue weighted by Gasteiger charge is -2.11. The van der Waals surface area contributed by atoms with Gasteiger partial charge in [-0.3, -0.25) is 0 Å². The van der Waals surface area contributed by atoms with Crippen molar-refractivity contribution in [2.24, 2.45) is 0 Å². The van der Waals surface area contributed by atoms with Gasteiger partial charge in [-0.2, -0.15) is 0 Å². The van der Waals surface area contributed by atoms with Gasteiger partial charge in [-0.05, 0) is 42.3 Å². The molecule has 0 aliphatic carbocycles. The molecule has 0 amide bonds. The van der Waals surface area contributed by atoms with Gasteiger partial charge in [0.15, 0.2) is 16.8 Å². The lowest BCUT2D eigenvalue weighted by Crippen LogP contribution is -2.05. The van der Waals surface area contributed by atoms with Crippen LogP contribution >= 0.6 is 11.3 Å². The summed E-state index contributed by atoms with van der Waals surface area (Å²) in [6.07, 6.45) is 2.47. The molecular formula is C20H20N6OS. The SMILES string of the molecule is CCc1ccc(Nc2ncnc(Nc3nc4ccc(OC)cc4s3)c2N)cc1. The average Bonchev–Trinajstić information content (AvgIpc) is 3.13. The smallest absolute Gasteiger partial charge is 0.189 e. The number of fused-ring (bicyclic) bond motifs is 1. The summed E-state index contributed by atoms with van der Waals surface area (Å²) in [7, 11) is 1.65. The van der Waals surface area contributed by atoms with E-state index >= 15 is 0 Å². The Morgan fingerprint density at radius 1 is 1.04 bits per heavy atom. The van der Waals surface area contributed by atoms with E-state index in [0.29, 0.717) is 22.5 Å². The predicted molar refractivity (Wildman–Crippen MR) is 115 cm³/mol. The summed E-state index contributed by atoms with van der Waals surface area (Å²) in [4.78, 5) is 13.1. The number of methoxy groups -OCH3 is 1. The Kier molecular flexibility index (Phi) is 4.94. The van der Waals surface area contributed by atoms with Gasteiger partial charge in [0.2, 0.25) is 0 Å². The van der Waals surface area contributed by atoms with Crippen LogP contribution in [0, 0.1) is 0 Å². The molecule has 28 heavy (non-hydrogen) atoms. The van der Waals surface area contributed by atoms with E-state index in [0.717, 1.165) is 28.1 Å².